The van der Waals surface area contributed by atoms with E-state index in [2.05, 4.69) is 19.1 Å². The van der Waals surface area contributed by atoms with Gasteiger partial charge in [0.25, 0.3) is 0 Å². The van der Waals surface area contributed by atoms with Crippen LogP contribution in [0.5, 0.6) is 0 Å². The average Bonchev–Trinajstić information content (AvgIpc) is 2.88. The maximum absolute atomic E-state index is 11.9. The molecule has 7 heteroatoms. The Morgan fingerprint density at radius 1 is 0.553 bits per heavy atom. The molecule has 0 fully saturated rings. The number of carboxylic acids is 3. The smallest absolute Gasteiger partial charge is 0.312 e. The van der Waals surface area contributed by atoms with Crippen molar-refractivity contribution in [2.24, 2.45) is 17.8 Å². The molecule has 0 aromatic heterocycles. The van der Waals surface area contributed by atoms with Gasteiger partial charge in [0.2, 0.25) is 0 Å². The van der Waals surface area contributed by atoms with Crippen LogP contribution in [0.25, 0.3) is 0 Å². The summed E-state index contributed by atoms with van der Waals surface area (Å²) < 4.78 is 0.229. The van der Waals surface area contributed by atoms with Crippen molar-refractivity contribution in [2.45, 2.75) is 124 Å². The van der Waals surface area contributed by atoms with E-state index in [0.29, 0.717) is 25.8 Å². The van der Waals surface area contributed by atoms with Crippen LogP contribution in [0.1, 0.15) is 124 Å². The van der Waals surface area contributed by atoms with Crippen LogP contribution in [0.4, 0.5) is 0 Å². The molecule has 0 aliphatic carbocycles. The van der Waals surface area contributed by atoms with Crippen LogP contribution in [0, 0.1) is 17.8 Å². The zero-order chi connectivity index (χ0) is 28.8. The Balaban J connectivity index is 5.13. The van der Waals surface area contributed by atoms with E-state index in [4.69, 9.17) is 0 Å². The van der Waals surface area contributed by atoms with Gasteiger partial charge in [-0.3, -0.25) is 14.4 Å². The maximum atomic E-state index is 11.9. The lowest BCUT2D eigenvalue weighted by Gasteiger charge is -2.43. The second-order valence-electron chi connectivity index (χ2n) is 11.2. The molecule has 0 amide bonds. The zero-order valence-corrected chi connectivity index (χ0v) is 24.8. The number of nitrogens with zero attached hydrogens (tertiary/aromatic N) is 1. The Kier molecular flexibility index (Phi) is 20.9. The number of allylic oxidation sites excluding steroid dienone is 2. The van der Waals surface area contributed by atoms with Crippen LogP contribution in [-0.2, 0) is 14.4 Å². The van der Waals surface area contributed by atoms with Gasteiger partial charge in [0.1, 0.15) is 17.8 Å². The summed E-state index contributed by atoms with van der Waals surface area (Å²) in [6.45, 7) is 9.10. The summed E-state index contributed by atoms with van der Waals surface area (Å²) >= 11 is 0. The Labute approximate surface area is 232 Å². The molecular formula is C31H58NO6+. The predicted molar refractivity (Wildman–Crippen MR) is 154 cm³/mol. The number of carbonyl (C=O) groups is 3. The van der Waals surface area contributed by atoms with E-state index in [1.54, 1.807) is 0 Å². The summed E-state index contributed by atoms with van der Waals surface area (Å²) in [5.41, 5.74) is 0. The van der Waals surface area contributed by atoms with Crippen molar-refractivity contribution in [1.82, 2.24) is 0 Å². The molecule has 0 aromatic rings. The van der Waals surface area contributed by atoms with Gasteiger partial charge in [-0.05, 0) is 38.5 Å². The fourth-order valence-electron chi connectivity index (χ4n) is 5.40. The zero-order valence-electron chi connectivity index (χ0n) is 24.8. The van der Waals surface area contributed by atoms with Crippen molar-refractivity contribution >= 4 is 17.9 Å². The number of carboxylic acid groups (broad SMARTS) is 3. The van der Waals surface area contributed by atoms with Crippen LogP contribution in [0.15, 0.2) is 12.2 Å². The first-order chi connectivity index (χ1) is 18.2. The third kappa shape index (κ3) is 16.2. The molecule has 0 saturated carbocycles. The van der Waals surface area contributed by atoms with Gasteiger partial charge in [0.05, 0.1) is 26.2 Å². The summed E-state index contributed by atoms with van der Waals surface area (Å²) in [5, 5.41) is 29.3. The Hall–Kier alpha value is -1.89. The van der Waals surface area contributed by atoms with Crippen molar-refractivity contribution in [3.63, 3.8) is 0 Å². The van der Waals surface area contributed by atoms with E-state index in [9.17, 15) is 29.7 Å². The molecule has 0 aliphatic rings. The van der Waals surface area contributed by atoms with Gasteiger partial charge in [-0.15, -0.1) is 0 Å². The second kappa shape index (κ2) is 22.0. The summed E-state index contributed by atoms with van der Waals surface area (Å²) in [6.07, 6.45) is 20.1. The predicted octanol–water partition coefficient (Wildman–Crippen LogP) is 7.39. The molecule has 7 nitrogen and oxygen atoms in total. The van der Waals surface area contributed by atoms with E-state index in [0.717, 1.165) is 19.3 Å². The number of hydrogen-bond donors (Lipinski definition) is 3. The Morgan fingerprint density at radius 2 is 0.895 bits per heavy atom. The normalized spacial score (nSPS) is 15.7. The lowest BCUT2D eigenvalue weighted by Crippen LogP contribution is -2.58. The molecule has 0 aromatic carbocycles. The lowest BCUT2D eigenvalue weighted by molar-refractivity contribution is -0.935. The highest BCUT2D eigenvalue weighted by atomic mass is 16.4. The molecule has 0 rings (SSSR count). The van der Waals surface area contributed by atoms with Crippen LogP contribution in [-0.4, -0.2) is 63.9 Å². The van der Waals surface area contributed by atoms with Gasteiger partial charge in [-0.25, -0.2) is 0 Å². The third-order valence-corrected chi connectivity index (χ3v) is 7.99. The van der Waals surface area contributed by atoms with Crippen molar-refractivity contribution < 1.29 is 34.2 Å². The molecule has 3 N–H and O–H groups in total. The second-order valence-corrected chi connectivity index (χ2v) is 11.2. The molecule has 0 bridgehead atoms. The molecule has 3 atom stereocenters. The quantitative estimate of drug-likeness (QED) is 0.0599. The summed E-state index contributed by atoms with van der Waals surface area (Å²) in [5.74, 6) is -4.59. The van der Waals surface area contributed by atoms with Crippen LogP contribution in [0.2, 0.25) is 0 Å². The molecule has 0 saturated heterocycles. The fourth-order valence-corrected chi connectivity index (χ4v) is 5.40. The lowest BCUT2D eigenvalue weighted by atomic mass is 9.95. The Bertz CT molecular complexity index is 617. The SMILES string of the molecule is CCCCCCCCCCC/C=C/CCC[N+](CC(CC)C(=O)O)(CC(CC)C(=O)O)CC(CC)C(=O)O. The number of quaternary nitrogens is 1. The van der Waals surface area contributed by atoms with E-state index in [1.165, 1.54) is 57.8 Å². The fraction of sp³-hybridized carbons (Fsp3) is 0.839. The highest BCUT2D eigenvalue weighted by Crippen LogP contribution is 2.25. The molecule has 0 radical (unpaired) electrons. The molecule has 0 aliphatic heterocycles. The van der Waals surface area contributed by atoms with E-state index in [1.807, 2.05) is 20.8 Å². The van der Waals surface area contributed by atoms with Gasteiger partial charge in [-0.1, -0.05) is 91.2 Å². The minimum atomic E-state index is -0.900. The van der Waals surface area contributed by atoms with Crippen LogP contribution < -0.4 is 0 Å². The van der Waals surface area contributed by atoms with Crippen molar-refractivity contribution in [3.05, 3.63) is 12.2 Å². The van der Waals surface area contributed by atoms with Crippen molar-refractivity contribution in [2.75, 3.05) is 26.2 Å². The highest BCUT2D eigenvalue weighted by molar-refractivity contribution is 5.71. The van der Waals surface area contributed by atoms with Gasteiger partial charge in [0.15, 0.2) is 0 Å². The molecule has 3 unspecified atom stereocenters. The number of aliphatic carboxylic acids is 3. The summed E-state index contributed by atoms with van der Waals surface area (Å²) in [4.78, 5) is 35.8. The standard InChI is InChI=1S/C31H57NO6/c1-5-9-10-11-12-13-14-15-16-17-18-19-20-21-22-32(23-26(6-2)29(33)34,24-27(7-3)30(35)36)25-28(8-4)31(37)38/h18-19,26-28H,5-17,20-25H2,1-4H3,(H2-,33,34,35,36,37,38)/p+1/b19-18+. The van der Waals surface area contributed by atoms with Gasteiger partial charge in [-0.2, -0.15) is 0 Å². The third-order valence-electron chi connectivity index (χ3n) is 7.99. The first-order valence-electron chi connectivity index (χ1n) is 15.3. The van der Waals surface area contributed by atoms with Crippen molar-refractivity contribution in [1.29, 1.82) is 0 Å². The molecular weight excluding hydrogens is 482 g/mol. The van der Waals surface area contributed by atoms with E-state index in [-0.39, 0.29) is 24.1 Å². The Morgan fingerprint density at radius 3 is 1.24 bits per heavy atom. The minimum Gasteiger partial charge on any atom is -0.481 e. The number of unbranched alkanes of at least 4 members (excludes halogenated alkanes) is 10. The van der Waals surface area contributed by atoms with Gasteiger partial charge < -0.3 is 19.8 Å². The van der Waals surface area contributed by atoms with Gasteiger partial charge >= 0.3 is 17.9 Å². The maximum Gasteiger partial charge on any atom is 0.312 e. The van der Waals surface area contributed by atoms with Crippen LogP contribution in [0.3, 0.4) is 0 Å². The topological polar surface area (TPSA) is 112 Å². The first-order valence-corrected chi connectivity index (χ1v) is 15.3. The van der Waals surface area contributed by atoms with Gasteiger partial charge in [0, 0.05) is 6.42 Å². The minimum absolute atomic E-state index is 0.229. The van der Waals surface area contributed by atoms with E-state index >= 15 is 0 Å². The molecule has 222 valence electrons. The van der Waals surface area contributed by atoms with Crippen LogP contribution >= 0.6 is 0 Å². The largest absolute Gasteiger partial charge is 0.481 e. The first kappa shape index (κ1) is 36.1. The van der Waals surface area contributed by atoms with Crippen molar-refractivity contribution in [3.8, 4) is 0 Å². The molecule has 0 heterocycles. The molecule has 0 spiro atoms. The summed E-state index contributed by atoms with van der Waals surface area (Å²) in [6, 6.07) is 0. The van der Waals surface area contributed by atoms with E-state index < -0.39 is 35.7 Å². The summed E-state index contributed by atoms with van der Waals surface area (Å²) in [7, 11) is 0. The average molecular weight is 541 g/mol. The number of hydrogen-bond acceptors (Lipinski definition) is 3. The number of rotatable bonds is 26. The molecule has 38 heavy (non-hydrogen) atoms. The highest BCUT2D eigenvalue weighted by Gasteiger charge is 2.40. The monoisotopic (exact) mass is 540 g/mol.